The van der Waals surface area contributed by atoms with Crippen LogP contribution in [0, 0.1) is 0 Å². The fourth-order valence-electron chi connectivity index (χ4n) is 3.51. The summed E-state index contributed by atoms with van der Waals surface area (Å²) in [6.45, 7) is 4.17. The van der Waals surface area contributed by atoms with E-state index < -0.39 is 0 Å². The van der Waals surface area contributed by atoms with Gasteiger partial charge >= 0.3 is 0 Å². The minimum absolute atomic E-state index is 0.226. The lowest BCUT2D eigenvalue weighted by Gasteiger charge is -2.46. The molecular formula is C15H30N2O. The van der Waals surface area contributed by atoms with Gasteiger partial charge in [-0.15, -0.1) is 0 Å². The molecule has 0 amide bonds. The monoisotopic (exact) mass is 254 g/mol. The van der Waals surface area contributed by atoms with Crippen molar-refractivity contribution in [3.8, 4) is 0 Å². The molecule has 1 aliphatic heterocycles. The van der Waals surface area contributed by atoms with Gasteiger partial charge in [-0.25, -0.2) is 0 Å². The third-order valence-corrected chi connectivity index (χ3v) is 4.79. The van der Waals surface area contributed by atoms with Crippen LogP contribution in [0.15, 0.2) is 0 Å². The number of hydrogen-bond donors (Lipinski definition) is 1. The molecule has 1 spiro atoms. The molecule has 2 rings (SSSR count). The highest BCUT2D eigenvalue weighted by atomic mass is 16.5. The van der Waals surface area contributed by atoms with Gasteiger partial charge in [0, 0.05) is 18.7 Å². The van der Waals surface area contributed by atoms with E-state index in [0.29, 0.717) is 12.1 Å². The minimum Gasteiger partial charge on any atom is -0.375 e. The molecule has 2 atom stereocenters. The molecule has 1 saturated heterocycles. The molecule has 0 bridgehead atoms. The molecule has 2 unspecified atom stereocenters. The van der Waals surface area contributed by atoms with Gasteiger partial charge in [-0.05, 0) is 52.6 Å². The van der Waals surface area contributed by atoms with Crippen LogP contribution in [0.3, 0.4) is 0 Å². The van der Waals surface area contributed by atoms with Gasteiger partial charge < -0.3 is 15.4 Å². The fraction of sp³-hybridized carbons (Fsp3) is 1.00. The van der Waals surface area contributed by atoms with Gasteiger partial charge in [0.2, 0.25) is 0 Å². The van der Waals surface area contributed by atoms with Crippen LogP contribution >= 0.6 is 0 Å². The molecule has 3 heteroatoms. The molecule has 0 aromatic heterocycles. The average molecular weight is 254 g/mol. The predicted octanol–water partition coefficient (Wildman–Crippen LogP) is 2.54. The summed E-state index contributed by atoms with van der Waals surface area (Å²) in [7, 11) is 2.26. The summed E-state index contributed by atoms with van der Waals surface area (Å²) >= 11 is 0. The normalized spacial score (nSPS) is 29.7. The molecule has 0 radical (unpaired) electrons. The first-order valence-corrected chi connectivity index (χ1v) is 7.71. The molecule has 2 aliphatic rings. The lowest BCUT2D eigenvalue weighted by molar-refractivity contribution is -0.122. The van der Waals surface area contributed by atoms with Gasteiger partial charge in [0.25, 0.3) is 0 Å². The number of ether oxygens (including phenoxy) is 1. The van der Waals surface area contributed by atoms with Gasteiger partial charge in [0.1, 0.15) is 0 Å². The molecule has 2 N–H and O–H groups in total. The Kier molecular flexibility index (Phi) is 5.05. The van der Waals surface area contributed by atoms with Gasteiger partial charge in [0.15, 0.2) is 0 Å². The Morgan fingerprint density at radius 3 is 2.72 bits per heavy atom. The zero-order valence-electron chi connectivity index (χ0n) is 12.2. The second-order valence-corrected chi connectivity index (χ2v) is 6.49. The highest BCUT2D eigenvalue weighted by Crippen LogP contribution is 2.39. The summed E-state index contributed by atoms with van der Waals surface area (Å²) in [4.78, 5) is 2.52. The maximum atomic E-state index is 6.16. The molecule has 1 aliphatic carbocycles. The number of hydrogen-bond acceptors (Lipinski definition) is 3. The van der Waals surface area contributed by atoms with Crippen LogP contribution in [0.5, 0.6) is 0 Å². The van der Waals surface area contributed by atoms with E-state index in [-0.39, 0.29) is 5.60 Å². The third-order valence-electron chi connectivity index (χ3n) is 4.79. The Hall–Kier alpha value is -0.120. The van der Waals surface area contributed by atoms with Crippen LogP contribution in [-0.4, -0.2) is 42.8 Å². The SMILES string of the molecule is CC(N)CCN(C)C1CCOC2(CCCCC2)C1. The lowest BCUT2D eigenvalue weighted by Crippen LogP contribution is -2.49. The Morgan fingerprint density at radius 1 is 1.33 bits per heavy atom. The average Bonchev–Trinajstić information content (AvgIpc) is 2.37. The van der Waals surface area contributed by atoms with E-state index in [2.05, 4.69) is 18.9 Å². The Balaban J connectivity index is 1.85. The maximum absolute atomic E-state index is 6.16. The lowest BCUT2D eigenvalue weighted by atomic mass is 9.78. The summed E-state index contributed by atoms with van der Waals surface area (Å²) in [5.74, 6) is 0. The van der Waals surface area contributed by atoms with Crippen molar-refractivity contribution in [2.75, 3.05) is 20.2 Å². The highest BCUT2D eigenvalue weighted by Gasteiger charge is 2.39. The second-order valence-electron chi connectivity index (χ2n) is 6.49. The van der Waals surface area contributed by atoms with E-state index in [0.717, 1.165) is 19.6 Å². The summed E-state index contributed by atoms with van der Waals surface area (Å²) in [6.07, 6.45) is 10.2. The molecule has 106 valence electrons. The Morgan fingerprint density at radius 2 is 2.06 bits per heavy atom. The van der Waals surface area contributed by atoms with Crippen molar-refractivity contribution in [3.05, 3.63) is 0 Å². The van der Waals surface area contributed by atoms with Crippen LogP contribution in [0.25, 0.3) is 0 Å². The van der Waals surface area contributed by atoms with Crippen LogP contribution in [-0.2, 0) is 4.74 Å². The standard InChI is InChI=1S/C15H30N2O/c1-13(16)6-10-17(2)14-7-11-18-15(12-14)8-4-3-5-9-15/h13-14H,3-12,16H2,1-2H3. The summed E-state index contributed by atoms with van der Waals surface area (Å²) in [5.41, 5.74) is 6.08. The molecule has 1 heterocycles. The van der Waals surface area contributed by atoms with Crippen LogP contribution in [0.1, 0.15) is 58.3 Å². The minimum atomic E-state index is 0.226. The molecule has 18 heavy (non-hydrogen) atoms. The van der Waals surface area contributed by atoms with Crippen molar-refractivity contribution in [2.24, 2.45) is 5.73 Å². The number of nitrogens with two attached hydrogens (primary N) is 1. The predicted molar refractivity (Wildman–Crippen MR) is 75.7 cm³/mol. The van der Waals surface area contributed by atoms with Gasteiger partial charge in [0.05, 0.1) is 5.60 Å². The Labute approximate surface area is 112 Å². The van der Waals surface area contributed by atoms with Crippen LogP contribution in [0.2, 0.25) is 0 Å². The molecule has 2 fully saturated rings. The van der Waals surface area contributed by atoms with E-state index in [1.54, 1.807) is 0 Å². The van der Waals surface area contributed by atoms with E-state index in [9.17, 15) is 0 Å². The van der Waals surface area contributed by atoms with Crippen molar-refractivity contribution in [1.82, 2.24) is 4.90 Å². The smallest absolute Gasteiger partial charge is 0.0697 e. The third kappa shape index (κ3) is 3.69. The van der Waals surface area contributed by atoms with E-state index in [1.807, 2.05) is 0 Å². The van der Waals surface area contributed by atoms with E-state index >= 15 is 0 Å². The summed E-state index contributed by atoms with van der Waals surface area (Å²) in [5, 5.41) is 0. The van der Waals surface area contributed by atoms with Crippen LogP contribution in [0.4, 0.5) is 0 Å². The van der Waals surface area contributed by atoms with E-state index in [4.69, 9.17) is 10.5 Å². The zero-order valence-corrected chi connectivity index (χ0v) is 12.2. The van der Waals surface area contributed by atoms with Gasteiger partial charge in [-0.1, -0.05) is 19.3 Å². The molecule has 3 nitrogen and oxygen atoms in total. The maximum Gasteiger partial charge on any atom is 0.0697 e. The summed E-state index contributed by atoms with van der Waals surface area (Å²) in [6, 6.07) is 1.02. The second kappa shape index (κ2) is 6.36. The first-order chi connectivity index (χ1) is 8.61. The van der Waals surface area contributed by atoms with Crippen molar-refractivity contribution in [3.63, 3.8) is 0 Å². The zero-order chi connectivity index (χ0) is 13.0. The topological polar surface area (TPSA) is 38.5 Å². The molecule has 1 saturated carbocycles. The highest BCUT2D eigenvalue weighted by molar-refractivity contribution is 4.92. The van der Waals surface area contributed by atoms with Gasteiger partial charge in [-0.3, -0.25) is 0 Å². The Bertz CT molecular complexity index is 243. The largest absolute Gasteiger partial charge is 0.375 e. The van der Waals surface area contributed by atoms with Crippen molar-refractivity contribution < 1.29 is 4.74 Å². The molecular weight excluding hydrogens is 224 g/mol. The fourth-order valence-corrected chi connectivity index (χ4v) is 3.51. The first kappa shape index (κ1) is 14.3. The quantitative estimate of drug-likeness (QED) is 0.838. The molecule has 0 aromatic carbocycles. The van der Waals surface area contributed by atoms with Crippen molar-refractivity contribution in [2.45, 2.75) is 76.0 Å². The van der Waals surface area contributed by atoms with Crippen molar-refractivity contribution in [1.29, 1.82) is 0 Å². The van der Waals surface area contributed by atoms with Crippen LogP contribution < -0.4 is 5.73 Å². The van der Waals surface area contributed by atoms with E-state index in [1.165, 1.54) is 44.9 Å². The number of rotatable bonds is 4. The molecule has 0 aromatic rings. The first-order valence-electron chi connectivity index (χ1n) is 7.71. The summed E-state index contributed by atoms with van der Waals surface area (Å²) < 4.78 is 6.16. The van der Waals surface area contributed by atoms with Crippen molar-refractivity contribution >= 4 is 0 Å². The van der Waals surface area contributed by atoms with Gasteiger partial charge in [-0.2, -0.15) is 0 Å². The number of nitrogens with zero attached hydrogens (tertiary/aromatic N) is 1.